The third kappa shape index (κ3) is 3.60. The lowest BCUT2D eigenvalue weighted by atomic mass is 10.0. The van der Waals surface area contributed by atoms with Crippen LogP contribution in [0.4, 0.5) is 9.52 Å². The molecule has 0 aliphatic carbocycles. The van der Waals surface area contributed by atoms with E-state index in [4.69, 9.17) is 0 Å². The summed E-state index contributed by atoms with van der Waals surface area (Å²) in [5.41, 5.74) is 1.03. The van der Waals surface area contributed by atoms with Crippen LogP contribution in [0.5, 0.6) is 0 Å². The van der Waals surface area contributed by atoms with E-state index in [1.165, 1.54) is 30.4 Å². The van der Waals surface area contributed by atoms with Gasteiger partial charge in [-0.2, -0.15) is 0 Å². The topological polar surface area (TPSA) is 74.3 Å². The molecule has 1 aromatic heterocycles. The molecule has 1 aromatic carbocycles. The molecule has 0 spiro atoms. The van der Waals surface area contributed by atoms with Crippen LogP contribution in [0.25, 0.3) is 0 Å². The number of hydrogen-bond acceptors (Lipinski definition) is 5. The van der Waals surface area contributed by atoms with Crippen molar-refractivity contribution in [3.63, 3.8) is 0 Å². The maximum Gasteiger partial charge on any atom is 0.274 e. The largest absolute Gasteiger partial charge is 0.328 e. The van der Waals surface area contributed by atoms with Gasteiger partial charge in [0.1, 0.15) is 11.5 Å². The number of thiazole rings is 1. The van der Waals surface area contributed by atoms with Gasteiger partial charge in [0.2, 0.25) is 5.91 Å². The number of nitrogens with zero attached hydrogens (tertiary/aromatic N) is 2. The fraction of sp³-hybridized carbons (Fsp3) is 0.312. The van der Waals surface area contributed by atoms with E-state index in [9.17, 15) is 14.0 Å². The average Bonchev–Trinajstić information content (AvgIpc) is 3.02. The van der Waals surface area contributed by atoms with E-state index in [2.05, 4.69) is 15.6 Å². The van der Waals surface area contributed by atoms with Gasteiger partial charge in [-0.25, -0.2) is 9.37 Å². The highest BCUT2D eigenvalue weighted by molar-refractivity contribution is 7.14. The Morgan fingerprint density at radius 3 is 3.04 bits per heavy atom. The van der Waals surface area contributed by atoms with Crippen LogP contribution in [0, 0.1) is 5.82 Å². The van der Waals surface area contributed by atoms with Crippen LogP contribution in [0.3, 0.4) is 0 Å². The number of hydrogen-bond donors (Lipinski definition) is 2. The molecule has 3 rings (SSSR count). The summed E-state index contributed by atoms with van der Waals surface area (Å²) in [5, 5.41) is 7.81. The molecular formula is C16H17FN4O2S. The molecular weight excluding hydrogens is 331 g/mol. The molecule has 1 aliphatic heterocycles. The highest BCUT2D eigenvalue weighted by Gasteiger charge is 2.30. The molecule has 2 heterocycles. The van der Waals surface area contributed by atoms with E-state index in [0.29, 0.717) is 24.8 Å². The summed E-state index contributed by atoms with van der Waals surface area (Å²) < 4.78 is 13.5. The van der Waals surface area contributed by atoms with Gasteiger partial charge >= 0.3 is 0 Å². The molecule has 0 bridgehead atoms. The first kappa shape index (κ1) is 16.5. The van der Waals surface area contributed by atoms with Crippen LogP contribution in [-0.2, 0) is 4.79 Å². The van der Waals surface area contributed by atoms with Crippen LogP contribution in [0.15, 0.2) is 29.6 Å². The van der Waals surface area contributed by atoms with Crippen molar-refractivity contribution in [3.05, 3.63) is 46.7 Å². The number of carbonyl (C=O) groups excluding carboxylic acids is 2. The molecule has 0 radical (unpaired) electrons. The second-order valence-electron chi connectivity index (χ2n) is 5.49. The van der Waals surface area contributed by atoms with Gasteiger partial charge in [0.15, 0.2) is 5.13 Å². The second-order valence-corrected chi connectivity index (χ2v) is 6.35. The number of carbonyl (C=O) groups is 2. The van der Waals surface area contributed by atoms with Crippen LogP contribution >= 0.6 is 11.3 Å². The van der Waals surface area contributed by atoms with Gasteiger partial charge in [-0.05, 0) is 17.7 Å². The van der Waals surface area contributed by atoms with E-state index < -0.39 is 0 Å². The molecule has 1 unspecified atom stereocenters. The number of piperazine rings is 1. The van der Waals surface area contributed by atoms with E-state index in [1.807, 2.05) is 6.07 Å². The zero-order chi connectivity index (χ0) is 17.1. The van der Waals surface area contributed by atoms with Crippen molar-refractivity contribution < 1.29 is 14.0 Å². The Bertz CT molecular complexity index is 764. The smallest absolute Gasteiger partial charge is 0.274 e. The van der Waals surface area contributed by atoms with Crippen molar-refractivity contribution in [2.24, 2.45) is 0 Å². The minimum atomic E-state index is -0.327. The fourth-order valence-corrected chi connectivity index (χ4v) is 3.42. The number of aromatic nitrogens is 1. The Morgan fingerprint density at radius 1 is 1.46 bits per heavy atom. The Hall–Kier alpha value is -2.32. The first-order valence-electron chi connectivity index (χ1n) is 7.55. The number of nitrogens with one attached hydrogen (secondary N) is 2. The molecule has 0 saturated carbocycles. The number of anilines is 1. The normalized spacial score (nSPS) is 17.6. The number of amides is 2. The molecule has 24 heavy (non-hydrogen) atoms. The van der Waals surface area contributed by atoms with E-state index in [1.54, 1.807) is 16.3 Å². The summed E-state index contributed by atoms with van der Waals surface area (Å²) in [6.45, 7) is 3.12. The summed E-state index contributed by atoms with van der Waals surface area (Å²) in [4.78, 5) is 29.7. The highest BCUT2D eigenvalue weighted by atomic mass is 32.1. The SMILES string of the molecule is CC(=O)Nc1nc(C(=O)N2CCNCC2c2cccc(F)c2)cs1. The Kier molecular flexibility index (Phi) is 4.86. The standard InChI is InChI=1S/C16H17FN4O2S/c1-10(22)19-16-20-13(9-24-16)15(23)21-6-5-18-8-14(21)11-3-2-4-12(17)7-11/h2-4,7,9,14,18H,5-6,8H2,1H3,(H,19,20,22). The van der Waals surface area contributed by atoms with Gasteiger partial charge in [-0.15, -0.1) is 11.3 Å². The molecule has 1 saturated heterocycles. The second kappa shape index (κ2) is 7.06. The van der Waals surface area contributed by atoms with Gasteiger partial charge in [-0.1, -0.05) is 12.1 Å². The number of halogens is 1. The molecule has 1 fully saturated rings. The highest BCUT2D eigenvalue weighted by Crippen LogP contribution is 2.26. The van der Waals surface area contributed by atoms with Gasteiger partial charge in [0.05, 0.1) is 6.04 Å². The Morgan fingerprint density at radius 2 is 2.29 bits per heavy atom. The zero-order valence-corrected chi connectivity index (χ0v) is 13.9. The third-order valence-electron chi connectivity index (χ3n) is 3.74. The first-order valence-corrected chi connectivity index (χ1v) is 8.43. The van der Waals surface area contributed by atoms with Crippen LogP contribution in [0.1, 0.15) is 29.0 Å². The molecule has 1 aliphatic rings. The molecule has 2 amide bonds. The van der Waals surface area contributed by atoms with E-state index in [0.717, 1.165) is 5.56 Å². The Balaban J connectivity index is 1.83. The van der Waals surface area contributed by atoms with Gasteiger partial charge in [0.25, 0.3) is 5.91 Å². The third-order valence-corrected chi connectivity index (χ3v) is 4.50. The summed E-state index contributed by atoms with van der Waals surface area (Å²) in [6.07, 6.45) is 0. The van der Waals surface area contributed by atoms with Crippen LogP contribution in [0.2, 0.25) is 0 Å². The quantitative estimate of drug-likeness (QED) is 0.890. The van der Waals surface area contributed by atoms with Crippen LogP contribution < -0.4 is 10.6 Å². The lowest BCUT2D eigenvalue weighted by Crippen LogP contribution is -2.48. The maximum absolute atomic E-state index is 13.5. The summed E-state index contributed by atoms with van der Waals surface area (Å²) in [7, 11) is 0. The lowest BCUT2D eigenvalue weighted by molar-refractivity contribution is -0.114. The van der Waals surface area contributed by atoms with Gasteiger partial charge in [-0.3, -0.25) is 9.59 Å². The molecule has 126 valence electrons. The monoisotopic (exact) mass is 348 g/mol. The predicted octanol–water partition coefficient (Wildman–Crippen LogP) is 2.03. The fourth-order valence-electron chi connectivity index (χ4n) is 2.69. The average molecular weight is 348 g/mol. The molecule has 2 N–H and O–H groups in total. The van der Waals surface area contributed by atoms with Crippen molar-refractivity contribution in [1.82, 2.24) is 15.2 Å². The molecule has 6 nitrogen and oxygen atoms in total. The molecule has 1 atom stereocenters. The van der Waals surface area contributed by atoms with Crippen molar-refractivity contribution in [1.29, 1.82) is 0 Å². The van der Waals surface area contributed by atoms with Crippen LogP contribution in [-0.4, -0.2) is 41.3 Å². The van der Waals surface area contributed by atoms with Gasteiger partial charge in [0, 0.05) is 31.9 Å². The van der Waals surface area contributed by atoms with E-state index in [-0.39, 0.29) is 29.4 Å². The summed E-state index contributed by atoms with van der Waals surface area (Å²) >= 11 is 1.20. The van der Waals surface area contributed by atoms with Crippen molar-refractivity contribution in [2.45, 2.75) is 13.0 Å². The minimum Gasteiger partial charge on any atom is -0.328 e. The zero-order valence-electron chi connectivity index (χ0n) is 13.1. The minimum absolute atomic E-state index is 0.224. The van der Waals surface area contributed by atoms with Crippen molar-refractivity contribution in [2.75, 3.05) is 25.0 Å². The van der Waals surface area contributed by atoms with Crippen molar-refractivity contribution >= 4 is 28.3 Å². The predicted molar refractivity (Wildman–Crippen MR) is 89.5 cm³/mol. The number of rotatable bonds is 3. The summed E-state index contributed by atoms with van der Waals surface area (Å²) in [6, 6.07) is 6.02. The Labute approximate surface area is 142 Å². The number of benzene rings is 1. The lowest BCUT2D eigenvalue weighted by Gasteiger charge is -2.36. The van der Waals surface area contributed by atoms with Gasteiger partial charge < -0.3 is 15.5 Å². The molecule has 2 aromatic rings. The van der Waals surface area contributed by atoms with Crippen molar-refractivity contribution in [3.8, 4) is 0 Å². The first-order chi connectivity index (χ1) is 11.5. The maximum atomic E-state index is 13.5. The van der Waals surface area contributed by atoms with E-state index >= 15 is 0 Å². The summed E-state index contributed by atoms with van der Waals surface area (Å²) in [5.74, 6) is -0.783. The molecule has 8 heteroatoms.